The molecular formula is C13H14BrN5O. The standard InChI is InChI=1S/C13H14BrN5O/c14-9-4-1-3-8(7-9)10-5-2-6-19(10)12(20)11-16-13(15)18-17-11/h1,3-4,7,10H,2,5-6H2,(H3,15,16,17,18). The zero-order valence-corrected chi connectivity index (χ0v) is 12.3. The molecule has 20 heavy (non-hydrogen) atoms. The molecule has 3 N–H and O–H groups in total. The number of H-pyrrole nitrogens is 1. The van der Waals surface area contributed by atoms with Crippen LogP contribution in [0.25, 0.3) is 0 Å². The summed E-state index contributed by atoms with van der Waals surface area (Å²) in [4.78, 5) is 18.2. The number of aromatic amines is 1. The molecule has 104 valence electrons. The van der Waals surface area contributed by atoms with Crippen molar-refractivity contribution in [2.24, 2.45) is 0 Å². The highest BCUT2D eigenvalue weighted by molar-refractivity contribution is 9.10. The van der Waals surface area contributed by atoms with Crippen molar-refractivity contribution in [1.82, 2.24) is 20.1 Å². The van der Waals surface area contributed by atoms with Crippen LogP contribution in [0.3, 0.4) is 0 Å². The Morgan fingerprint density at radius 3 is 3.05 bits per heavy atom. The number of benzene rings is 1. The molecule has 0 bridgehead atoms. The van der Waals surface area contributed by atoms with Crippen LogP contribution in [0, 0.1) is 0 Å². The zero-order chi connectivity index (χ0) is 14.1. The van der Waals surface area contributed by atoms with Crippen LogP contribution in [0.2, 0.25) is 0 Å². The van der Waals surface area contributed by atoms with Gasteiger partial charge in [-0.25, -0.2) is 0 Å². The van der Waals surface area contributed by atoms with E-state index in [1.165, 1.54) is 0 Å². The third-order valence-corrected chi connectivity index (χ3v) is 3.95. The minimum absolute atomic E-state index is 0.0753. The molecule has 2 heterocycles. The van der Waals surface area contributed by atoms with Crippen LogP contribution in [0.5, 0.6) is 0 Å². The first-order chi connectivity index (χ1) is 9.65. The number of carbonyl (C=O) groups excluding carboxylic acids is 1. The fraction of sp³-hybridized carbons (Fsp3) is 0.308. The molecule has 0 radical (unpaired) electrons. The molecular weight excluding hydrogens is 322 g/mol. The lowest BCUT2D eigenvalue weighted by Crippen LogP contribution is -2.31. The van der Waals surface area contributed by atoms with Crippen LogP contribution in [-0.2, 0) is 0 Å². The third kappa shape index (κ3) is 2.40. The molecule has 1 fully saturated rings. The molecule has 0 saturated carbocycles. The Balaban J connectivity index is 1.87. The highest BCUT2D eigenvalue weighted by Crippen LogP contribution is 2.33. The second-order valence-corrected chi connectivity index (χ2v) is 5.67. The molecule has 1 saturated heterocycles. The second-order valence-electron chi connectivity index (χ2n) is 4.75. The number of carbonyl (C=O) groups is 1. The summed E-state index contributed by atoms with van der Waals surface area (Å²) in [5.74, 6) is 0.132. The maximum atomic E-state index is 12.5. The summed E-state index contributed by atoms with van der Waals surface area (Å²) >= 11 is 3.47. The molecule has 1 atom stereocenters. The van der Waals surface area contributed by atoms with Crippen molar-refractivity contribution in [3.8, 4) is 0 Å². The number of anilines is 1. The molecule has 2 aromatic rings. The van der Waals surface area contributed by atoms with Gasteiger partial charge in [0, 0.05) is 11.0 Å². The maximum absolute atomic E-state index is 12.5. The van der Waals surface area contributed by atoms with Gasteiger partial charge in [-0.1, -0.05) is 28.1 Å². The van der Waals surface area contributed by atoms with Crippen LogP contribution in [-0.4, -0.2) is 32.5 Å². The molecule has 1 amide bonds. The highest BCUT2D eigenvalue weighted by atomic mass is 79.9. The van der Waals surface area contributed by atoms with Crippen molar-refractivity contribution in [3.63, 3.8) is 0 Å². The Kier molecular flexibility index (Phi) is 3.43. The van der Waals surface area contributed by atoms with E-state index in [0.29, 0.717) is 0 Å². The molecule has 1 aliphatic rings. The number of nitrogens with one attached hydrogen (secondary N) is 1. The normalized spacial score (nSPS) is 18.4. The van der Waals surface area contributed by atoms with Gasteiger partial charge in [-0.15, -0.1) is 5.10 Å². The molecule has 0 aliphatic carbocycles. The Morgan fingerprint density at radius 2 is 2.35 bits per heavy atom. The lowest BCUT2D eigenvalue weighted by atomic mass is 10.0. The van der Waals surface area contributed by atoms with Crippen LogP contribution in [0.4, 0.5) is 5.95 Å². The first-order valence-corrected chi connectivity index (χ1v) is 7.19. The molecule has 7 heteroatoms. The number of hydrogen-bond acceptors (Lipinski definition) is 4. The maximum Gasteiger partial charge on any atom is 0.291 e. The lowest BCUT2D eigenvalue weighted by Gasteiger charge is -2.24. The topological polar surface area (TPSA) is 87.9 Å². The molecule has 6 nitrogen and oxygen atoms in total. The van der Waals surface area contributed by atoms with Crippen molar-refractivity contribution in [3.05, 3.63) is 40.1 Å². The van der Waals surface area contributed by atoms with E-state index in [4.69, 9.17) is 5.73 Å². The molecule has 1 unspecified atom stereocenters. The third-order valence-electron chi connectivity index (χ3n) is 3.45. The largest absolute Gasteiger partial charge is 0.366 e. The number of hydrogen-bond donors (Lipinski definition) is 2. The van der Waals surface area contributed by atoms with Crippen LogP contribution in [0.15, 0.2) is 28.7 Å². The number of aromatic nitrogens is 3. The second kappa shape index (κ2) is 5.24. The van der Waals surface area contributed by atoms with Crippen LogP contribution >= 0.6 is 15.9 Å². The molecule has 0 spiro atoms. The average molecular weight is 336 g/mol. The molecule has 1 aliphatic heterocycles. The quantitative estimate of drug-likeness (QED) is 0.879. The molecule has 1 aromatic heterocycles. The fourth-order valence-corrected chi connectivity index (χ4v) is 2.99. The van der Waals surface area contributed by atoms with E-state index in [1.54, 1.807) is 0 Å². The summed E-state index contributed by atoms with van der Waals surface area (Å²) in [5, 5.41) is 6.29. The van der Waals surface area contributed by atoms with E-state index in [0.717, 1.165) is 29.4 Å². The number of nitrogen functional groups attached to an aromatic ring is 1. The van der Waals surface area contributed by atoms with E-state index in [1.807, 2.05) is 29.2 Å². The predicted molar refractivity (Wildman–Crippen MR) is 77.9 cm³/mol. The number of nitrogens with zero attached hydrogens (tertiary/aromatic N) is 3. The van der Waals surface area contributed by atoms with Crippen LogP contribution < -0.4 is 5.73 Å². The summed E-state index contributed by atoms with van der Waals surface area (Å²) in [6.07, 6.45) is 1.93. The SMILES string of the molecule is Nc1n[nH]c(C(=O)N2CCCC2c2cccc(Br)c2)n1. The van der Waals surface area contributed by atoms with Crippen molar-refractivity contribution >= 4 is 27.8 Å². The van der Waals surface area contributed by atoms with E-state index < -0.39 is 0 Å². The van der Waals surface area contributed by atoms with Gasteiger partial charge in [0.05, 0.1) is 6.04 Å². The number of likely N-dealkylation sites (tertiary alicyclic amines) is 1. The first kappa shape index (κ1) is 13.1. The van der Waals surface area contributed by atoms with Gasteiger partial charge >= 0.3 is 0 Å². The minimum Gasteiger partial charge on any atom is -0.366 e. The van der Waals surface area contributed by atoms with Gasteiger partial charge in [-0.2, -0.15) is 4.98 Å². The summed E-state index contributed by atoms with van der Waals surface area (Å²) < 4.78 is 1.01. The van der Waals surface area contributed by atoms with Crippen LogP contribution in [0.1, 0.15) is 35.1 Å². The summed E-state index contributed by atoms with van der Waals surface area (Å²) in [6.45, 7) is 0.719. The summed E-state index contributed by atoms with van der Waals surface area (Å²) in [6, 6.07) is 8.11. The Bertz CT molecular complexity index is 641. The van der Waals surface area contributed by atoms with Gasteiger partial charge in [-0.05, 0) is 30.5 Å². The highest BCUT2D eigenvalue weighted by Gasteiger charge is 2.32. The van der Waals surface area contributed by atoms with E-state index >= 15 is 0 Å². The molecule has 3 rings (SSSR count). The van der Waals surface area contributed by atoms with Crippen molar-refractivity contribution in [1.29, 1.82) is 0 Å². The van der Waals surface area contributed by atoms with E-state index in [2.05, 4.69) is 31.1 Å². The minimum atomic E-state index is -0.156. The van der Waals surface area contributed by atoms with Gasteiger partial charge in [0.25, 0.3) is 5.91 Å². The van der Waals surface area contributed by atoms with Gasteiger partial charge in [0.2, 0.25) is 11.8 Å². The fourth-order valence-electron chi connectivity index (χ4n) is 2.58. The summed E-state index contributed by atoms with van der Waals surface area (Å²) in [5.41, 5.74) is 6.57. The number of amides is 1. The van der Waals surface area contributed by atoms with Gasteiger partial charge in [0.1, 0.15) is 0 Å². The van der Waals surface area contributed by atoms with E-state index in [-0.39, 0.29) is 23.7 Å². The zero-order valence-electron chi connectivity index (χ0n) is 10.7. The Labute approximate surface area is 124 Å². The smallest absolute Gasteiger partial charge is 0.291 e. The Hall–Kier alpha value is -1.89. The average Bonchev–Trinajstić information content (AvgIpc) is 3.06. The van der Waals surface area contributed by atoms with Crippen molar-refractivity contribution < 1.29 is 4.79 Å². The monoisotopic (exact) mass is 335 g/mol. The van der Waals surface area contributed by atoms with Gasteiger partial charge in [0.15, 0.2) is 0 Å². The number of halogens is 1. The van der Waals surface area contributed by atoms with Gasteiger partial charge in [-0.3, -0.25) is 9.89 Å². The number of rotatable bonds is 2. The molecule has 1 aromatic carbocycles. The first-order valence-electron chi connectivity index (χ1n) is 6.39. The predicted octanol–water partition coefficient (Wildman–Crippen LogP) is 2.13. The van der Waals surface area contributed by atoms with Crippen molar-refractivity contribution in [2.75, 3.05) is 12.3 Å². The van der Waals surface area contributed by atoms with E-state index in [9.17, 15) is 4.79 Å². The lowest BCUT2D eigenvalue weighted by molar-refractivity contribution is 0.0723. The summed E-state index contributed by atoms with van der Waals surface area (Å²) in [7, 11) is 0. The van der Waals surface area contributed by atoms with Crippen molar-refractivity contribution in [2.45, 2.75) is 18.9 Å². The van der Waals surface area contributed by atoms with Gasteiger partial charge < -0.3 is 10.6 Å². The Morgan fingerprint density at radius 1 is 1.50 bits per heavy atom. The number of nitrogens with two attached hydrogens (primary N) is 1.